The molecule has 1 aliphatic heterocycles. The van der Waals surface area contributed by atoms with Crippen molar-refractivity contribution >= 4 is 57.5 Å². The number of para-hydroxylation sites is 1. The highest BCUT2D eigenvalue weighted by Crippen LogP contribution is 2.35. The van der Waals surface area contributed by atoms with Gasteiger partial charge in [0.1, 0.15) is 21.3 Å². The third kappa shape index (κ3) is 4.01. The summed E-state index contributed by atoms with van der Waals surface area (Å²) in [4.78, 5) is 32.4. The molecule has 0 saturated carbocycles. The molecule has 0 N–H and O–H groups in total. The van der Waals surface area contributed by atoms with E-state index in [1.54, 1.807) is 42.6 Å². The van der Waals surface area contributed by atoms with Crippen LogP contribution < -0.4 is 10.3 Å². The molecule has 3 aromatic rings. The lowest BCUT2D eigenvalue weighted by Crippen LogP contribution is -2.28. The molecule has 0 unspecified atom stereocenters. The van der Waals surface area contributed by atoms with Gasteiger partial charge in [0.05, 0.1) is 9.93 Å². The molecule has 1 saturated heterocycles. The molecule has 1 amide bonds. The number of fused-ring (bicyclic) bond motifs is 1. The zero-order valence-corrected chi connectivity index (χ0v) is 18.8. The molecule has 0 bridgehead atoms. The Kier molecular flexibility index (Phi) is 5.95. The van der Waals surface area contributed by atoms with Crippen LogP contribution in [0, 0.1) is 6.92 Å². The smallest absolute Gasteiger partial charge is 0.269 e. The molecule has 1 aliphatic rings. The molecule has 1 fully saturated rings. The van der Waals surface area contributed by atoms with Crippen molar-refractivity contribution in [1.29, 1.82) is 0 Å². The summed E-state index contributed by atoms with van der Waals surface area (Å²) in [6.07, 6.45) is 4.69. The lowest BCUT2D eigenvalue weighted by molar-refractivity contribution is -0.121. The van der Waals surface area contributed by atoms with Gasteiger partial charge >= 0.3 is 0 Å². The first kappa shape index (κ1) is 21.3. The number of ether oxygens (including phenoxy) is 1. The number of carbonyl (C=O) groups excluding carboxylic acids is 1. The van der Waals surface area contributed by atoms with E-state index in [1.807, 2.05) is 13.0 Å². The maximum atomic E-state index is 13.3. The first-order chi connectivity index (χ1) is 14.9. The standard InChI is InChI=1S/C22H16ClN3O3S2/c1-3-10-26-21(28)17(31-22(26)30)12-14-19(29-16-9-5-4-8-15(16)23)24-18-13(2)7-6-11-25(18)20(14)27/h3-9,11-12H,1,10H2,2H3/b17-12+. The van der Waals surface area contributed by atoms with Crippen molar-refractivity contribution in [2.45, 2.75) is 6.92 Å². The van der Waals surface area contributed by atoms with Gasteiger partial charge in [0.15, 0.2) is 0 Å². The quantitative estimate of drug-likeness (QED) is 0.303. The van der Waals surface area contributed by atoms with Gasteiger partial charge in [-0.15, -0.1) is 6.58 Å². The van der Waals surface area contributed by atoms with Crippen molar-refractivity contribution in [3.05, 3.63) is 86.7 Å². The molecule has 2 aromatic heterocycles. The number of halogens is 1. The SMILES string of the molecule is C=CCN1C(=O)/C(=C\c2c(Oc3ccccc3Cl)nc3c(C)cccn3c2=O)SC1=S. The van der Waals surface area contributed by atoms with Crippen LogP contribution in [0.3, 0.4) is 0 Å². The molecular formula is C22H16ClN3O3S2. The summed E-state index contributed by atoms with van der Waals surface area (Å²) in [6.45, 7) is 5.79. The van der Waals surface area contributed by atoms with Crippen LogP contribution in [0.2, 0.25) is 5.02 Å². The number of pyridine rings is 1. The molecule has 1 aromatic carbocycles. The van der Waals surface area contributed by atoms with Gasteiger partial charge in [-0.05, 0) is 36.8 Å². The summed E-state index contributed by atoms with van der Waals surface area (Å²) in [5, 5.41) is 0.373. The van der Waals surface area contributed by atoms with E-state index < -0.39 is 0 Å². The molecule has 0 spiro atoms. The van der Waals surface area contributed by atoms with Gasteiger partial charge in [0, 0.05) is 12.7 Å². The van der Waals surface area contributed by atoms with Gasteiger partial charge in [-0.25, -0.2) is 0 Å². The van der Waals surface area contributed by atoms with Crippen molar-refractivity contribution in [2.24, 2.45) is 0 Å². The average molecular weight is 470 g/mol. The topological polar surface area (TPSA) is 63.9 Å². The normalized spacial score (nSPS) is 15.2. The van der Waals surface area contributed by atoms with E-state index >= 15 is 0 Å². The second kappa shape index (κ2) is 8.66. The Labute approximate surface area is 192 Å². The van der Waals surface area contributed by atoms with E-state index in [2.05, 4.69) is 11.6 Å². The summed E-state index contributed by atoms with van der Waals surface area (Å²) in [5.41, 5.74) is 1.00. The highest BCUT2D eigenvalue weighted by atomic mass is 35.5. The van der Waals surface area contributed by atoms with Crippen LogP contribution in [0.15, 0.2) is 64.9 Å². The van der Waals surface area contributed by atoms with E-state index in [-0.39, 0.29) is 22.9 Å². The van der Waals surface area contributed by atoms with Crippen molar-refractivity contribution in [3.63, 3.8) is 0 Å². The average Bonchev–Trinajstić information content (AvgIpc) is 3.01. The molecule has 4 rings (SSSR count). The third-order valence-corrected chi connectivity index (χ3v) is 6.24. The van der Waals surface area contributed by atoms with Gasteiger partial charge in [-0.1, -0.05) is 59.9 Å². The fourth-order valence-electron chi connectivity index (χ4n) is 3.04. The molecule has 6 nitrogen and oxygen atoms in total. The molecule has 9 heteroatoms. The molecule has 0 atom stereocenters. The van der Waals surface area contributed by atoms with Crippen LogP contribution >= 0.6 is 35.6 Å². The predicted molar refractivity (Wildman–Crippen MR) is 128 cm³/mol. The van der Waals surface area contributed by atoms with Crippen molar-refractivity contribution in [2.75, 3.05) is 6.54 Å². The van der Waals surface area contributed by atoms with Crippen LogP contribution in [0.1, 0.15) is 11.1 Å². The molecule has 0 radical (unpaired) electrons. The highest BCUT2D eigenvalue weighted by Gasteiger charge is 2.32. The van der Waals surface area contributed by atoms with Crippen molar-refractivity contribution in [3.8, 4) is 11.6 Å². The van der Waals surface area contributed by atoms with Crippen molar-refractivity contribution < 1.29 is 9.53 Å². The Hall–Kier alpha value is -2.94. The van der Waals surface area contributed by atoms with Gasteiger partial charge in [-0.2, -0.15) is 4.98 Å². The summed E-state index contributed by atoms with van der Waals surface area (Å²) in [7, 11) is 0. The lowest BCUT2D eigenvalue weighted by Gasteiger charge is -2.12. The minimum atomic E-state index is -0.371. The number of aryl methyl sites for hydroxylation is 1. The highest BCUT2D eigenvalue weighted by molar-refractivity contribution is 8.26. The van der Waals surface area contributed by atoms with Crippen molar-refractivity contribution in [1.82, 2.24) is 14.3 Å². The zero-order valence-electron chi connectivity index (χ0n) is 16.4. The van der Waals surface area contributed by atoms with Gasteiger partial charge < -0.3 is 4.74 Å². The summed E-state index contributed by atoms with van der Waals surface area (Å²) in [6, 6.07) is 10.5. The van der Waals surface area contributed by atoms with E-state index in [4.69, 9.17) is 28.6 Å². The number of hydrogen-bond donors (Lipinski definition) is 0. The Morgan fingerprint density at radius 2 is 2.03 bits per heavy atom. The summed E-state index contributed by atoms with van der Waals surface area (Å²) in [5.74, 6) is 0.108. The van der Waals surface area contributed by atoms with Crippen LogP contribution in [0.5, 0.6) is 11.6 Å². The maximum absolute atomic E-state index is 13.3. The number of carbonyl (C=O) groups is 1. The van der Waals surface area contributed by atoms with Crippen LogP contribution in [0.25, 0.3) is 11.7 Å². The second-order valence-electron chi connectivity index (χ2n) is 6.63. The van der Waals surface area contributed by atoms with Crippen LogP contribution in [-0.4, -0.2) is 31.1 Å². The van der Waals surface area contributed by atoms with Crippen LogP contribution in [-0.2, 0) is 4.79 Å². The van der Waals surface area contributed by atoms with Gasteiger partial charge in [0.25, 0.3) is 11.5 Å². The molecule has 156 valence electrons. The second-order valence-corrected chi connectivity index (χ2v) is 8.72. The molecule has 3 heterocycles. The molecule has 0 aliphatic carbocycles. The number of nitrogens with zero attached hydrogens (tertiary/aromatic N) is 3. The van der Waals surface area contributed by atoms with E-state index in [0.717, 1.165) is 17.3 Å². The number of aromatic nitrogens is 2. The van der Waals surface area contributed by atoms with Crippen LogP contribution in [0.4, 0.5) is 0 Å². The zero-order chi connectivity index (χ0) is 22.1. The number of hydrogen-bond acceptors (Lipinski definition) is 6. The Morgan fingerprint density at radius 3 is 2.77 bits per heavy atom. The fraction of sp³-hybridized carbons (Fsp3) is 0.0909. The molecule has 31 heavy (non-hydrogen) atoms. The van der Waals surface area contributed by atoms with Gasteiger partial charge in [0.2, 0.25) is 5.88 Å². The largest absolute Gasteiger partial charge is 0.437 e. The first-order valence-electron chi connectivity index (χ1n) is 9.21. The third-order valence-electron chi connectivity index (χ3n) is 4.55. The minimum Gasteiger partial charge on any atom is -0.437 e. The van der Waals surface area contributed by atoms with E-state index in [0.29, 0.717) is 32.2 Å². The fourth-order valence-corrected chi connectivity index (χ4v) is 4.47. The molecular weight excluding hydrogens is 454 g/mol. The monoisotopic (exact) mass is 469 g/mol. The first-order valence-corrected chi connectivity index (χ1v) is 10.8. The van der Waals surface area contributed by atoms with Gasteiger partial charge in [-0.3, -0.25) is 18.9 Å². The number of benzene rings is 1. The number of thioether (sulfide) groups is 1. The number of thiocarbonyl (C=S) groups is 1. The Balaban J connectivity index is 1.91. The minimum absolute atomic E-state index is 0.0568. The van der Waals surface area contributed by atoms with E-state index in [9.17, 15) is 9.59 Å². The Bertz CT molecular complexity index is 1330. The Morgan fingerprint density at radius 1 is 1.26 bits per heavy atom. The number of rotatable bonds is 5. The predicted octanol–water partition coefficient (Wildman–Crippen LogP) is 4.84. The summed E-state index contributed by atoms with van der Waals surface area (Å²) < 4.78 is 7.77. The van der Waals surface area contributed by atoms with E-state index in [1.165, 1.54) is 15.4 Å². The summed E-state index contributed by atoms with van der Waals surface area (Å²) >= 11 is 12.6. The number of amides is 1. The maximum Gasteiger partial charge on any atom is 0.269 e. The lowest BCUT2D eigenvalue weighted by atomic mass is 10.2.